The third-order valence-electron chi connectivity index (χ3n) is 3.82. The second kappa shape index (κ2) is 6.09. The van der Waals surface area contributed by atoms with Gasteiger partial charge in [-0.25, -0.2) is 4.79 Å². The van der Waals surface area contributed by atoms with Crippen LogP contribution in [0.3, 0.4) is 0 Å². The summed E-state index contributed by atoms with van der Waals surface area (Å²) in [6.07, 6.45) is 5.76. The summed E-state index contributed by atoms with van der Waals surface area (Å²) >= 11 is 0. The van der Waals surface area contributed by atoms with Crippen LogP contribution in [-0.2, 0) is 16.1 Å². The van der Waals surface area contributed by atoms with E-state index < -0.39 is 0 Å². The molecule has 4 nitrogen and oxygen atoms in total. The van der Waals surface area contributed by atoms with Crippen LogP contribution in [0.1, 0.15) is 18.4 Å². The number of benzene rings is 1. The summed E-state index contributed by atoms with van der Waals surface area (Å²) in [5, 5.41) is 0. The lowest BCUT2D eigenvalue weighted by Gasteiger charge is -2.29. The molecule has 2 atom stereocenters. The van der Waals surface area contributed by atoms with Gasteiger partial charge in [0, 0.05) is 6.54 Å². The molecule has 1 saturated heterocycles. The molecule has 0 radical (unpaired) electrons. The first-order valence-corrected chi connectivity index (χ1v) is 7.08. The van der Waals surface area contributed by atoms with Gasteiger partial charge in [0.05, 0.1) is 18.8 Å². The Balaban J connectivity index is 1.68. The number of carbonyl (C=O) groups excluding carboxylic acids is 1. The van der Waals surface area contributed by atoms with E-state index >= 15 is 0 Å². The lowest BCUT2D eigenvalue weighted by Crippen LogP contribution is -2.44. The van der Waals surface area contributed by atoms with Crippen LogP contribution in [0, 0.1) is 0 Å². The Morgan fingerprint density at radius 2 is 2.10 bits per heavy atom. The van der Waals surface area contributed by atoms with Gasteiger partial charge in [-0.3, -0.25) is 4.90 Å². The van der Waals surface area contributed by atoms with Crippen LogP contribution in [0.5, 0.6) is 0 Å². The maximum absolute atomic E-state index is 11.7. The Morgan fingerprint density at radius 1 is 1.25 bits per heavy atom. The van der Waals surface area contributed by atoms with Crippen molar-refractivity contribution in [1.82, 2.24) is 4.90 Å². The van der Waals surface area contributed by atoms with E-state index in [0.29, 0.717) is 19.8 Å². The van der Waals surface area contributed by atoms with Gasteiger partial charge in [-0.2, -0.15) is 0 Å². The van der Waals surface area contributed by atoms with Gasteiger partial charge in [0.15, 0.2) is 0 Å². The number of amides is 1. The Bertz CT molecular complexity index is 486. The normalized spacial score (nSPS) is 27.4. The van der Waals surface area contributed by atoms with Crippen LogP contribution in [-0.4, -0.2) is 36.3 Å². The highest BCUT2D eigenvalue weighted by Gasteiger charge is 2.38. The fourth-order valence-electron chi connectivity index (χ4n) is 2.71. The van der Waals surface area contributed by atoms with Gasteiger partial charge in [0.2, 0.25) is 0 Å². The van der Waals surface area contributed by atoms with Crippen LogP contribution in [0.2, 0.25) is 0 Å². The summed E-state index contributed by atoms with van der Waals surface area (Å²) in [7, 11) is 0. The zero-order valence-electron chi connectivity index (χ0n) is 11.4. The summed E-state index contributed by atoms with van der Waals surface area (Å²) in [5.41, 5.74) is 1.15. The van der Waals surface area contributed by atoms with Gasteiger partial charge in [-0.05, 0) is 18.4 Å². The molecule has 0 N–H and O–H groups in total. The average Bonchev–Trinajstić information content (AvgIpc) is 2.80. The molecule has 2 aliphatic rings. The van der Waals surface area contributed by atoms with Crippen LogP contribution in [0.4, 0.5) is 4.79 Å². The number of carbonyl (C=O) groups is 1. The third kappa shape index (κ3) is 2.85. The molecule has 2 heterocycles. The van der Waals surface area contributed by atoms with E-state index in [-0.39, 0.29) is 18.2 Å². The molecule has 0 spiro atoms. The first-order chi connectivity index (χ1) is 9.84. The van der Waals surface area contributed by atoms with Gasteiger partial charge in [0.1, 0.15) is 6.61 Å². The molecule has 0 bridgehead atoms. The Hall–Kier alpha value is -1.81. The van der Waals surface area contributed by atoms with E-state index in [1.165, 1.54) is 0 Å². The summed E-state index contributed by atoms with van der Waals surface area (Å²) < 4.78 is 11.2. The van der Waals surface area contributed by atoms with Crippen molar-refractivity contribution in [2.75, 3.05) is 13.2 Å². The zero-order valence-corrected chi connectivity index (χ0v) is 11.4. The summed E-state index contributed by atoms with van der Waals surface area (Å²) in [6, 6.07) is 10.1. The van der Waals surface area contributed by atoms with E-state index in [1.54, 1.807) is 4.90 Å². The second-order valence-corrected chi connectivity index (χ2v) is 5.17. The lowest BCUT2D eigenvalue weighted by atomic mass is 10.0. The van der Waals surface area contributed by atoms with Crippen molar-refractivity contribution < 1.29 is 14.3 Å². The number of hydrogen-bond donors (Lipinski definition) is 0. The first-order valence-electron chi connectivity index (χ1n) is 7.08. The van der Waals surface area contributed by atoms with Crippen molar-refractivity contribution in [2.45, 2.75) is 31.6 Å². The van der Waals surface area contributed by atoms with Crippen molar-refractivity contribution in [3.63, 3.8) is 0 Å². The van der Waals surface area contributed by atoms with Gasteiger partial charge >= 0.3 is 6.09 Å². The minimum atomic E-state index is -0.210. The van der Waals surface area contributed by atoms with Crippen molar-refractivity contribution in [2.24, 2.45) is 0 Å². The predicted molar refractivity (Wildman–Crippen MR) is 75.2 cm³/mol. The molecule has 106 valence electrons. The molecule has 2 aliphatic heterocycles. The first kappa shape index (κ1) is 13.2. The molecule has 4 heteroatoms. The van der Waals surface area contributed by atoms with Crippen LogP contribution >= 0.6 is 0 Å². The molecule has 0 aromatic heterocycles. The standard InChI is InChI=1S/C16H19NO3/c18-16-17-10-6-2-5-9-15(14(17)12-20-16)19-11-13-7-3-1-4-8-13/h1-5,7-8,14-15H,6,9-12H2/b5-2-/t14-,15+/m1/s1. The molecule has 0 saturated carbocycles. The maximum Gasteiger partial charge on any atom is 0.410 e. The summed E-state index contributed by atoms with van der Waals surface area (Å²) in [5.74, 6) is 0. The minimum absolute atomic E-state index is 0.00166. The highest BCUT2D eigenvalue weighted by Crippen LogP contribution is 2.23. The largest absolute Gasteiger partial charge is 0.447 e. The number of cyclic esters (lactones) is 1. The lowest BCUT2D eigenvalue weighted by molar-refractivity contribution is -0.00383. The second-order valence-electron chi connectivity index (χ2n) is 5.17. The number of hydrogen-bond acceptors (Lipinski definition) is 3. The highest BCUT2D eigenvalue weighted by molar-refractivity contribution is 5.70. The molecule has 1 amide bonds. The van der Waals surface area contributed by atoms with E-state index in [4.69, 9.17) is 9.47 Å². The summed E-state index contributed by atoms with van der Waals surface area (Å²) in [4.78, 5) is 13.5. The number of ether oxygens (including phenoxy) is 2. The minimum Gasteiger partial charge on any atom is -0.447 e. The molecular weight excluding hydrogens is 254 g/mol. The van der Waals surface area contributed by atoms with Gasteiger partial charge in [-0.1, -0.05) is 42.5 Å². The van der Waals surface area contributed by atoms with Crippen molar-refractivity contribution >= 4 is 6.09 Å². The molecule has 1 aromatic carbocycles. The number of rotatable bonds is 3. The molecule has 3 rings (SSSR count). The quantitative estimate of drug-likeness (QED) is 0.795. The third-order valence-corrected chi connectivity index (χ3v) is 3.82. The smallest absolute Gasteiger partial charge is 0.410 e. The van der Waals surface area contributed by atoms with Gasteiger partial charge < -0.3 is 9.47 Å². The fourth-order valence-corrected chi connectivity index (χ4v) is 2.71. The molecule has 0 unspecified atom stereocenters. The highest BCUT2D eigenvalue weighted by atomic mass is 16.6. The van der Waals surface area contributed by atoms with Gasteiger partial charge in [0.25, 0.3) is 0 Å². The predicted octanol–water partition coefficient (Wildman–Crippen LogP) is 2.74. The van der Waals surface area contributed by atoms with E-state index in [0.717, 1.165) is 18.4 Å². The van der Waals surface area contributed by atoms with Crippen LogP contribution < -0.4 is 0 Å². The van der Waals surface area contributed by atoms with E-state index in [9.17, 15) is 4.79 Å². The molecular formula is C16H19NO3. The number of fused-ring (bicyclic) bond motifs is 1. The fraction of sp³-hybridized carbons (Fsp3) is 0.438. The Kier molecular flexibility index (Phi) is 4.02. The number of nitrogens with zero attached hydrogens (tertiary/aromatic N) is 1. The summed E-state index contributed by atoms with van der Waals surface area (Å²) in [6.45, 7) is 1.72. The van der Waals surface area contributed by atoms with E-state index in [1.807, 2.05) is 30.3 Å². The SMILES string of the molecule is O=C1OC[C@@H]2[C@@H](OCc3ccccc3)C/C=C\CCN12. The monoisotopic (exact) mass is 273 g/mol. The molecule has 0 aliphatic carbocycles. The van der Waals surface area contributed by atoms with Crippen molar-refractivity contribution in [1.29, 1.82) is 0 Å². The van der Waals surface area contributed by atoms with Crippen LogP contribution in [0.25, 0.3) is 0 Å². The van der Waals surface area contributed by atoms with E-state index in [2.05, 4.69) is 12.2 Å². The molecule has 1 aromatic rings. The van der Waals surface area contributed by atoms with Crippen LogP contribution in [0.15, 0.2) is 42.5 Å². The van der Waals surface area contributed by atoms with Crippen molar-refractivity contribution in [3.05, 3.63) is 48.0 Å². The Morgan fingerprint density at radius 3 is 2.95 bits per heavy atom. The topological polar surface area (TPSA) is 38.8 Å². The zero-order chi connectivity index (χ0) is 13.8. The maximum atomic E-state index is 11.7. The van der Waals surface area contributed by atoms with Crippen molar-refractivity contribution in [3.8, 4) is 0 Å². The molecule has 1 fully saturated rings. The molecule has 20 heavy (non-hydrogen) atoms. The average molecular weight is 273 g/mol. The van der Waals surface area contributed by atoms with Gasteiger partial charge in [-0.15, -0.1) is 0 Å². The Labute approximate surface area is 119 Å².